The Bertz CT molecular complexity index is 676. The van der Waals surface area contributed by atoms with Crippen LogP contribution in [0.2, 0.25) is 0 Å². The molecule has 0 aliphatic heterocycles. The number of amides is 1. The summed E-state index contributed by atoms with van der Waals surface area (Å²) in [7, 11) is 0. The Morgan fingerprint density at radius 1 is 1.14 bits per heavy atom. The highest BCUT2D eigenvalue weighted by Gasteiger charge is 2.04. The minimum Gasteiger partial charge on any atom is -0.267 e. The second-order valence-electron chi connectivity index (χ2n) is 4.41. The monoisotopic (exact) mass is 283 g/mol. The summed E-state index contributed by atoms with van der Waals surface area (Å²) in [5.74, 6) is -0.312. The summed E-state index contributed by atoms with van der Waals surface area (Å²) >= 11 is 0. The standard InChI is InChI=1S/C15H13N3O3/c1-11-2-6-13(7-3-11)15(19)17-16-10-12-4-8-14(9-5-12)18(20)21/h2-10H,1H3,(H,17,19)/b16-10+. The Morgan fingerprint density at radius 2 is 1.76 bits per heavy atom. The highest BCUT2D eigenvalue weighted by atomic mass is 16.6. The van der Waals surface area contributed by atoms with Crippen molar-refractivity contribution in [1.29, 1.82) is 0 Å². The quantitative estimate of drug-likeness (QED) is 0.532. The summed E-state index contributed by atoms with van der Waals surface area (Å²) in [5, 5.41) is 14.3. The lowest BCUT2D eigenvalue weighted by Gasteiger charge is -2.00. The average molecular weight is 283 g/mol. The molecule has 0 saturated carbocycles. The fraction of sp³-hybridized carbons (Fsp3) is 0.0667. The first kappa shape index (κ1) is 14.4. The van der Waals surface area contributed by atoms with Gasteiger partial charge in [-0.1, -0.05) is 17.7 Å². The lowest BCUT2D eigenvalue weighted by atomic mass is 10.1. The van der Waals surface area contributed by atoms with E-state index < -0.39 is 4.92 Å². The molecule has 6 heteroatoms. The van der Waals surface area contributed by atoms with Crippen LogP contribution < -0.4 is 5.43 Å². The van der Waals surface area contributed by atoms with Crippen LogP contribution in [0.1, 0.15) is 21.5 Å². The lowest BCUT2D eigenvalue weighted by molar-refractivity contribution is -0.384. The maximum absolute atomic E-state index is 11.8. The Labute approximate surface area is 121 Å². The first-order chi connectivity index (χ1) is 10.1. The van der Waals surface area contributed by atoms with E-state index in [1.807, 2.05) is 19.1 Å². The molecule has 0 aliphatic carbocycles. The van der Waals surface area contributed by atoms with Gasteiger partial charge in [-0.15, -0.1) is 0 Å². The van der Waals surface area contributed by atoms with E-state index in [9.17, 15) is 14.9 Å². The van der Waals surface area contributed by atoms with Gasteiger partial charge in [-0.3, -0.25) is 14.9 Å². The molecule has 0 heterocycles. The van der Waals surface area contributed by atoms with Crippen LogP contribution in [0, 0.1) is 17.0 Å². The molecule has 1 N–H and O–H groups in total. The predicted molar refractivity (Wildman–Crippen MR) is 79.3 cm³/mol. The SMILES string of the molecule is Cc1ccc(C(=O)N/N=C/c2ccc([N+](=O)[O-])cc2)cc1. The maximum atomic E-state index is 11.8. The number of nitrogens with one attached hydrogen (secondary N) is 1. The third kappa shape index (κ3) is 3.97. The van der Waals surface area contributed by atoms with E-state index in [0.717, 1.165) is 5.56 Å². The van der Waals surface area contributed by atoms with Crippen LogP contribution in [0.5, 0.6) is 0 Å². The molecule has 2 rings (SSSR count). The zero-order valence-corrected chi connectivity index (χ0v) is 11.3. The van der Waals surface area contributed by atoms with E-state index in [-0.39, 0.29) is 11.6 Å². The van der Waals surface area contributed by atoms with Gasteiger partial charge < -0.3 is 0 Å². The number of nitrogens with zero attached hydrogens (tertiary/aromatic N) is 2. The molecular formula is C15H13N3O3. The minimum atomic E-state index is -0.472. The number of benzene rings is 2. The molecule has 0 unspecified atom stereocenters. The Morgan fingerprint density at radius 3 is 2.33 bits per heavy atom. The molecule has 6 nitrogen and oxygen atoms in total. The zero-order valence-electron chi connectivity index (χ0n) is 11.3. The first-order valence-electron chi connectivity index (χ1n) is 6.21. The summed E-state index contributed by atoms with van der Waals surface area (Å²) in [6, 6.07) is 13.0. The Hall–Kier alpha value is -3.02. The molecule has 2 aromatic carbocycles. The third-order valence-electron chi connectivity index (χ3n) is 2.80. The van der Waals surface area contributed by atoms with Crippen LogP contribution in [-0.2, 0) is 0 Å². The normalized spacial score (nSPS) is 10.5. The molecule has 106 valence electrons. The molecule has 0 spiro atoms. The fourth-order valence-electron chi connectivity index (χ4n) is 1.62. The number of rotatable bonds is 4. The molecule has 0 fully saturated rings. The largest absolute Gasteiger partial charge is 0.271 e. The van der Waals surface area contributed by atoms with Crippen molar-refractivity contribution in [2.45, 2.75) is 6.92 Å². The average Bonchev–Trinajstić information content (AvgIpc) is 2.48. The number of hydrazone groups is 1. The number of hydrogen-bond acceptors (Lipinski definition) is 4. The first-order valence-corrected chi connectivity index (χ1v) is 6.21. The van der Waals surface area contributed by atoms with Crippen molar-refractivity contribution >= 4 is 17.8 Å². The molecule has 0 saturated heterocycles. The lowest BCUT2D eigenvalue weighted by Crippen LogP contribution is -2.17. The molecule has 0 radical (unpaired) electrons. The molecule has 21 heavy (non-hydrogen) atoms. The van der Waals surface area contributed by atoms with Gasteiger partial charge in [0.25, 0.3) is 11.6 Å². The second-order valence-corrected chi connectivity index (χ2v) is 4.41. The zero-order chi connectivity index (χ0) is 15.2. The van der Waals surface area contributed by atoms with E-state index in [2.05, 4.69) is 10.5 Å². The van der Waals surface area contributed by atoms with Crippen LogP contribution in [0.4, 0.5) is 5.69 Å². The van der Waals surface area contributed by atoms with Crippen molar-refractivity contribution in [2.24, 2.45) is 5.10 Å². The van der Waals surface area contributed by atoms with Crippen molar-refractivity contribution in [3.63, 3.8) is 0 Å². The summed E-state index contributed by atoms with van der Waals surface area (Å²) in [6.07, 6.45) is 1.43. The third-order valence-corrected chi connectivity index (χ3v) is 2.80. The van der Waals surface area contributed by atoms with Crippen molar-refractivity contribution in [3.8, 4) is 0 Å². The topological polar surface area (TPSA) is 84.6 Å². The Balaban J connectivity index is 1.97. The molecule has 0 aliphatic rings. The van der Waals surface area contributed by atoms with E-state index in [0.29, 0.717) is 11.1 Å². The van der Waals surface area contributed by atoms with Gasteiger partial charge in [0.05, 0.1) is 11.1 Å². The summed E-state index contributed by atoms with van der Waals surface area (Å²) in [5.41, 5.74) is 4.65. The van der Waals surface area contributed by atoms with E-state index >= 15 is 0 Å². The van der Waals surface area contributed by atoms with E-state index in [1.54, 1.807) is 24.3 Å². The van der Waals surface area contributed by atoms with Crippen LogP contribution in [0.3, 0.4) is 0 Å². The van der Waals surface area contributed by atoms with Gasteiger partial charge in [0.2, 0.25) is 0 Å². The molecule has 0 aromatic heterocycles. The molecule has 2 aromatic rings. The van der Waals surface area contributed by atoms with Gasteiger partial charge >= 0.3 is 0 Å². The van der Waals surface area contributed by atoms with Gasteiger partial charge in [0.1, 0.15) is 0 Å². The second kappa shape index (κ2) is 6.42. The highest BCUT2D eigenvalue weighted by molar-refractivity contribution is 5.94. The van der Waals surface area contributed by atoms with E-state index in [4.69, 9.17) is 0 Å². The van der Waals surface area contributed by atoms with Gasteiger partial charge in [0.15, 0.2) is 0 Å². The highest BCUT2D eigenvalue weighted by Crippen LogP contribution is 2.10. The Kier molecular flexibility index (Phi) is 4.40. The maximum Gasteiger partial charge on any atom is 0.271 e. The number of carbonyl (C=O) groups is 1. The minimum absolute atomic E-state index is 0.0100. The van der Waals surface area contributed by atoms with Crippen molar-refractivity contribution in [2.75, 3.05) is 0 Å². The predicted octanol–water partition coefficient (Wildman–Crippen LogP) is 2.67. The van der Waals surface area contributed by atoms with Crippen molar-refractivity contribution < 1.29 is 9.72 Å². The smallest absolute Gasteiger partial charge is 0.267 e. The number of non-ortho nitro benzene ring substituents is 1. The van der Waals surface area contributed by atoms with E-state index in [1.165, 1.54) is 18.3 Å². The van der Waals surface area contributed by atoms with Gasteiger partial charge in [-0.2, -0.15) is 5.10 Å². The summed E-state index contributed by atoms with van der Waals surface area (Å²) < 4.78 is 0. The number of aryl methyl sites for hydroxylation is 1. The van der Waals surface area contributed by atoms with Gasteiger partial charge in [0, 0.05) is 17.7 Å². The fourth-order valence-corrected chi connectivity index (χ4v) is 1.62. The molecule has 1 amide bonds. The molecular weight excluding hydrogens is 270 g/mol. The van der Waals surface area contributed by atoms with Crippen molar-refractivity contribution in [1.82, 2.24) is 5.43 Å². The van der Waals surface area contributed by atoms with Gasteiger partial charge in [-0.25, -0.2) is 5.43 Å². The number of nitro groups is 1. The van der Waals surface area contributed by atoms with Crippen molar-refractivity contribution in [3.05, 3.63) is 75.3 Å². The van der Waals surface area contributed by atoms with Crippen LogP contribution in [0.25, 0.3) is 0 Å². The van der Waals surface area contributed by atoms with Crippen LogP contribution in [-0.4, -0.2) is 17.0 Å². The summed E-state index contributed by atoms with van der Waals surface area (Å²) in [6.45, 7) is 1.94. The van der Waals surface area contributed by atoms with Crippen LogP contribution in [0.15, 0.2) is 53.6 Å². The van der Waals surface area contributed by atoms with Gasteiger partial charge in [-0.05, 0) is 36.8 Å². The number of nitro benzene ring substituents is 1. The number of carbonyl (C=O) groups excluding carboxylic acids is 1. The van der Waals surface area contributed by atoms with Crippen LogP contribution >= 0.6 is 0 Å². The molecule has 0 atom stereocenters. The summed E-state index contributed by atoms with van der Waals surface area (Å²) in [4.78, 5) is 21.8. The number of hydrogen-bond donors (Lipinski definition) is 1. The molecule has 0 bridgehead atoms.